The zero-order valence-corrected chi connectivity index (χ0v) is 17.6. The van der Waals surface area contributed by atoms with Gasteiger partial charge in [-0.1, -0.05) is 29.8 Å². The predicted molar refractivity (Wildman–Crippen MR) is 119 cm³/mol. The largest absolute Gasteiger partial charge is 0.392 e. The first-order valence-electron chi connectivity index (χ1n) is 9.71. The molecule has 3 aromatic rings. The third-order valence-electron chi connectivity index (χ3n) is 5.10. The predicted octanol–water partition coefficient (Wildman–Crippen LogP) is 2.59. The van der Waals surface area contributed by atoms with Gasteiger partial charge in [-0.05, 0) is 42.8 Å². The van der Waals surface area contributed by atoms with E-state index >= 15 is 0 Å². The summed E-state index contributed by atoms with van der Waals surface area (Å²) in [4.78, 5) is 18.4. The van der Waals surface area contributed by atoms with Gasteiger partial charge in [-0.25, -0.2) is 0 Å². The summed E-state index contributed by atoms with van der Waals surface area (Å²) < 4.78 is 0. The lowest BCUT2D eigenvalue weighted by Crippen LogP contribution is -2.26. The maximum absolute atomic E-state index is 11.8. The maximum atomic E-state index is 11.8. The van der Waals surface area contributed by atoms with Crippen molar-refractivity contribution in [3.05, 3.63) is 63.8 Å². The molecule has 0 saturated heterocycles. The van der Waals surface area contributed by atoms with Crippen molar-refractivity contribution in [2.24, 2.45) is 5.73 Å². The quantitative estimate of drug-likeness (QED) is 0.461. The highest BCUT2D eigenvalue weighted by Gasteiger charge is 2.19. The van der Waals surface area contributed by atoms with Crippen molar-refractivity contribution in [2.45, 2.75) is 19.6 Å². The molecular formula is C21H22ClN7O2. The van der Waals surface area contributed by atoms with Crippen LogP contribution in [0.3, 0.4) is 0 Å². The monoisotopic (exact) mass is 439 g/mol. The molecule has 0 radical (unpaired) electrons. The molecular weight excluding hydrogens is 418 g/mol. The zero-order valence-electron chi connectivity index (χ0n) is 16.9. The highest BCUT2D eigenvalue weighted by atomic mass is 35.5. The number of likely N-dealkylation sites (N-methyl/N-ethyl adjacent to an activating group) is 1. The normalized spacial score (nSPS) is 13.5. The van der Waals surface area contributed by atoms with Gasteiger partial charge in [0.15, 0.2) is 11.5 Å². The summed E-state index contributed by atoms with van der Waals surface area (Å²) in [6.07, 6.45) is 0.919. The van der Waals surface area contributed by atoms with Crippen LogP contribution in [0, 0.1) is 0 Å². The number of nitrogens with two attached hydrogens (primary N) is 1. The number of rotatable bonds is 6. The van der Waals surface area contributed by atoms with Crippen LogP contribution in [0.1, 0.15) is 27.2 Å². The van der Waals surface area contributed by atoms with Crippen LogP contribution >= 0.6 is 11.6 Å². The van der Waals surface area contributed by atoms with Crippen molar-refractivity contribution >= 4 is 40.6 Å². The second-order valence-electron chi connectivity index (χ2n) is 7.35. The molecule has 2 heterocycles. The number of aromatic nitrogens is 3. The van der Waals surface area contributed by atoms with Crippen molar-refractivity contribution < 1.29 is 9.90 Å². The molecule has 1 aliphatic heterocycles. The molecule has 160 valence electrons. The number of halogens is 1. The van der Waals surface area contributed by atoms with Gasteiger partial charge < -0.3 is 26.4 Å². The summed E-state index contributed by atoms with van der Waals surface area (Å²) >= 11 is 6.48. The molecule has 1 amide bonds. The number of aliphatic hydroxyl groups excluding tert-OH is 1. The van der Waals surface area contributed by atoms with E-state index in [9.17, 15) is 9.90 Å². The van der Waals surface area contributed by atoms with Gasteiger partial charge in [0, 0.05) is 24.3 Å². The first-order valence-corrected chi connectivity index (χ1v) is 10.1. The molecule has 1 aliphatic rings. The average Bonchev–Trinajstić information content (AvgIpc) is 2.75. The molecule has 9 nitrogen and oxygen atoms in total. The molecule has 2 aromatic carbocycles. The Labute approximate surface area is 184 Å². The van der Waals surface area contributed by atoms with Gasteiger partial charge in [0.05, 0.1) is 17.3 Å². The van der Waals surface area contributed by atoms with E-state index in [1.807, 2.05) is 12.1 Å². The number of aliphatic hydroxyl groups is 1. The minimum absolute atomic E-state index is 0.113. The second kappa shape index (κ2) is 8.84. The lowest BCUT2D eigenvalue weighted by molar-refractivity contribution is 0.0995. The Morgan fingerprint density at radius 2 is 2.00 bits per heavy atom. The fraction of sp³-hybridized carbons (Fsp3) is 0.238. The van der Waals surface area contributed by atoms with Gasteiger partial charge in [0.2, 0.25) is 5.95 Å². The Bertz CT molecular complexity index is 1140. The fourth-order valence-corrected chi connectivity index (χ4v) is 3.71. The molecule has 0 saturated carbocycles. The van der Waals surface area contributed by atoms with E-state index < -0.39 is 5.91 Å². The van der Waals surface area contributed by atoms with Gasteiger partial charge in [-0.15, -0.1) is 10.2 Å². The van der Waals surface area contributed by atoms with E-state index in [2.05, 4.69) is 37.8 Å². The van der Waals surface area contributed by atoms with Crippen LogP contribution in [0.4, 0.5) is 23.1 Å². The summed E-state index contributed by atoms with van der Waals surface area (Å²) in [5.74, 6) is -0.489. The molecule has 0 aliphatic carbocycles. The van der Waals surface area contributed by atoms with E-state index in [4.69, 9.17) is 17.3 Å². The van der Waals surface area contributed by atoms with Crippen LogP contribution in [0.25, 0.3) is 0 Å². The topological polar surface area (TPSA) is 129 Å². The van der Waals surface area contributed by atoms with E-state index in [0.717, 1.165) is 19.5 Å². The van der Waals surface area contributed by atoms with Gasteiger partial charge >= 0.3 is 0 Å². The number of carbonyl (C=O) groups is 1. The number of nitrogens with one attached hydrogen (secondary N) is 2. The van der Waals surface area contributed by atoms with Crippen LogP contribution in [0.5, 0.6) is 0 Å². The molecule has 1 aromatic heterocycles. The molecule has 31 heavy (non-hydrogen) atoms. The maximum Gasteiger partial charge on any atom is 0.273 e. The number of para-hydroxylation sites is 1. The van der Waals surface area contributed by atoms with Crippen molar-refractivity contribution in [2.75, 3.05) is 24.2 Å². The van der Waals surface area contributed by atoms with Crippen molar-refractivity contribution in [1.29, 1.82) is 0 Å². The SMILES string of the molecule is CN1CCc2cc(Nc3nnc(C(N)=O)c(Nc4ccccc4CO)n3)c(Cl)cc2C1. The number of hydrogen-bond donors (Lipinski definition) is 4. The Morgan fingerprint density at radius 3 is 2.77 bits per heavy atom. The van der Waals surface area contributed by atoms with E-state index in [-0.39, 0.29) is 24.1 Å². The molecule has 10 heteroatoms. The minimum atomic E-state index is -0.772. The van der Waals surface area contributed by atoms with Gasteiger partial charge in [-0.2, -0.15) is 4.98 Å². The van der Waals surface area contributed by atoms with Crippen LogP contribution in [0.15, 0.2) is 36.4 Å². The highest BCUT2D eigenvalue weighted by molar-refractivity contribution is 6.33. The number of anilines is 4. The molecule has 0 unspecified atom stereocenters. The zero-order chi connectivity index (χ0) is 22.0. The van der Waals surface area contributed by atoms with Crippen molar-refractivity contribution in [3.8, 4) is 0 Å². The molecule has 0 bridgehead atoms. The Balaban J connectivity index is 1.66. The first-order chi connectivity index (χ1) is 14.9. The standard InChI is InChI=1S/C21H22ClN7O2/c1-29-7-6-12-9-17(15(22)8-14(12)10-29)25-21-26-20(18(19(23)31)27-28-21)24-16-5-3-2-4-13(16)11-30/h2-5,8-9,30H,6-7,10-11H2,1H3,(H2,23,31)(H2,24,25,26,28). The third-order valence-corrected chi connectivity index (χ3v) is 5.41. The number of nitrogens with zero attached hydrogens (tertiary/aromatic N) is 4. The van der Waals surface area contributed by atoms with Crippen molar-refractivity contribution in [1.82, 2.24) is 20.1 Å². The number of fused-ring (bicyclic) bond motifs is 1. The fourth-order valence-electron chi connectivity index (χ4n) is 3.48. The number of hydrogen-bond acceptors (Lipinski definition) is 8. The Kier molecular flexibility index (Phi) is 5.99. The lowest BCUT2D eigenvalue weighted by Gasteiger charge is -2.26. The Hall–Kier alpha value is -3.27. The summed E-state index contributed by atoms with van der Waals surface area (Å²) in [5.41, 5.74) is 9.59. The molecule has 0 spiro atoms. The summed E-state index contributed by atoms with van der Waals surface area (Å²) in [6, 6.07) is 11.0. The van der Waals surface area contributed by atoms with Gasteiger partial charge in [-0.3, -0.25) is 4.79 Å². The van der Waals surface area contributed by atoms with E-state index in [0.29, 0.717) is 22.0 Å². The number of amides is 1. The van der Waals surface area contributed by atoms with Gasteiger partial charge in [0.1, 0.15) is 0 Å². The lowest BCUT2D eigenvalue weighted by atomic mass is 9.99. The number of benzene rings is 2. The Morgan fingerprint density at radius 1 is 1.19 bits per heavy atom. The van der Waals surface area contributed by atoms with Crippen LogP contribution < -0.4 is 16.4 Å². The van der Waals surface area contributed by atoms with E-state index in [1.54, 1.807) is 24.3 Å². The highest BCUT2D eigenvalue weighted by Crippen LogP contribution is 2.31. The first kappa shape index (κ1) is 21.0. The van der Waals surface area contributed by atoms with Crippen LogP contribution in [-0.4, -0.2) is 44.7 Å². The van der Waals surface area contributed by atoms with Gasteiger partial charge in [0.25, 0.3) is 5.91 Å². The summed E-state index contributed by atoms with van der Waals surface area (Å²) in [5, 5.41) is 24.1. The van der Waals surface area contributed by atoms with Crippen LogP contribution in [-0.2, 0) is 19.6 Å². The number of carbonyl (C=O) groups excluding carboxylic acids is 1. The smallest absolute Gasteiger partial charge is 0.273 e. The molecule has 4 rings (SSSR count). The molecule has 0 atom stereocenters. The van der Waals surface area contributed by atoms with E-state index in [1.165, 1.54) is 11.1 Å². The summed E-state index contributed by atoms with van der Waals surface area (Å²) in [7, 11) is 2.08. The molecule has 5 N–H and O–H groups in total. The third kappa shape index (κ3) is 4.58. The average molecular weight is 440 g/mol. The summed E-state index contributed by atoms with van der Waals surface area (Å²) in [6.45, 7) is 1.63. The van der Waals surface area contributed by atoms with Crippen LogP contribution in [0.2, 0.25) is 5.02 Å². The van der Waals surface area contributed by atoms with Crippen molar-refractivity contribution in [3.63, 3.8) is 0 Å². The number of primary amides is 1. The molecule has 0 fully saturated rings. The second-order valence-corrected chi connectivity index (χ2v) is 7.76. The minimum Gasteiger partial charge on any atom is -0.392 e.